The second-order valence-electron chi connectivity index (χ2n) is 7.47. The van der Waals surface area contributed by atoms with Gasteiger partial charge in [0.1, 0.15) is 29.6 Å². The molecule has 0 saturated heterocycles. The number of hydrogen-bond acceptors (Lipinski definition) is 7. The van der Waals surface area contributed by atoms with Gasteiger partial charge < -0.3 is 15.0 Å². The van der Waals surface area contributed by atoms with Crippen LogP contribution in [0.15, 0.2) is 36.7 Å². The fourth-order valence-corrected chi connectivity index (χ4v) is 3.63. The normalized spacial score (nSPS) is 18.4. The summed E-state index contributed by atoms with van der Waals surface area (Å²) in [5.41, 5.74) is 1.06. The number of nitrogens with one attached hydrogen (secondary N) is 2. The Bertz CT molecular complexity index is 1060. The molecule has 2 N–H and O–H groups in total. The number of aromatic nitrogens is 4. The second-order valence-corrected chi connectivity index (χ2v) is 7.47. The van der Waals surface area contributed by atoms with Crippen LogP contribution >= 0.6 is 0 Å². The number of nitriles is 1. The van der Waals surface area contributed by atoms with Crippen LogP contribution in [0.1, 0.15) is 25.0 Å². The lowest BCUT2D eigenvalue weighted by Gasteiger charge is -2.20. The first-order chi connectivity index (χ1) is 14.5. The topological polar surface area (TPSA) is 103 Å². The fraction of sp³-hybridized carbons (Fsp3) is 0.333. The van der Waals surface area contributed by atoms with Gasteiger partial charge in [0.15, 0.2) is 11.5 Å². The molecule has 1 aromatic carbocycles. The molecule has 1 saturated carbocycles. The molecule has 4 rings (SSSR count). The van der Waals surface area contributed by atoms with Gasteiger partial charge in [0, 0.05) is 12.1 Å². The van der Waals surface area contributed by atoms with Gasteiger partial charge in [0.2, 0.25) is 0 Å². The molecule has 9 heteroatoms. The van der Waals surface area contributed by atoms with Crippen molar-refractivity contribution in [3.8, 4) is 23.1 Å². The maximum Gasteiger partial charge on any atom is 0.158 e. The lowest BCUT2D eigenvalue weighted by Crippen LogP contribution is -2.26. The van der Waals surface area contributed by atoms with Crippen LogP contribution in [0.2, 0.25) is 0 Å². The lowest BCUT2D eigenvalue weighted by molar-refractivity contribution is 0.193. The Morgan fingerprint density at radius 3 is 2.80 bits per heavy atom. The van der Waals surface area contributed by atoms with E-state index in [9.17, 15) is 4.39 Å². The van der Waals surface area contributed by atoms with Crippen LogP contribution in [-0.2, 0) is 0 Å². The summed E-state index contributed by atoms with van der Waals surface area (Å²) in [5.74, 6) is 0.986. The van der Waals surface area contributed by atoms with Crippen molar-refractivity contribution >= 4 is 11.6 Å². The molecule has 2 aromatic heterocycles. The predicted molar refractivity (Wildman–Crippen MR) is 110 cm³/mol. The maximum atomic E-state index is 14.7. The molecule has 1 aliphatic rings. The summed E-state index contributed by atoms with van der Waals surface area (Å²) < 4.78 is 20.9. The predicted octanol–water partition coefficient (Wildman–Crippen LogP) is 3.48. The molecule has 1 aliphatic carbocycles. The number of benzene rings is 1. The van der Waals surface area contributed by atoms with Gasteiger partial charge in [0.05, 0.1) is 23.7 Å². The van der Waals surface area contributed by atoms with Crippen LogP contribution in [0.5, 0.6) is 5.75 Å². The van der Waals surface area contributed by atoms with Gasteiger partial charge in [-0.05, 0) is 45.5 Å². The summed E-state index contributed by atoms with van der Waals surface area (Å²) in [6.07, 6.45) is 5.76. The Morgan fingerprint density at radius 1 is 1.23 bits per heavy atom. The van der Waals surface area contributed by atoms with E-state index in [1.165, 1.54) is 18.5 Å². The van der Waals surface area contributed by atoms with Gasteiger partial charge in [-0.2, -0.15) is 10.4 Å². The van der Waals surface area contributed by atoms with Crippen molar-refractivity contribution in [3.05, 3.63) is 48.2 Å². The Balaban J connectivity index is 1.53. The summed E-state index contributed by atoms with van der Waals surface area (Å²) in [4.78, 5) is 10.3. The van der Waals surface area contributed by atoms with Crippen LogP contribution in [0.25, 0.3) is 11.3 Å². The van der Waals surface area contributed by atoms with Crippen LogP contribution < -0.4 is 10.1 Å². The second kappa shape index (κ2) is 8.47. The number of hydrogen-bond donors (Lipinski definition) is 2. The quantitative estimate of drug-likeness (QED) is 0.645. The SMILES string of the molecule is CN(C)[C@@H]1CC[C@@H](Oc2cccc(F)c2-c2cc(Nc3cnc(C#N)cn3)n[nH]2)C1. The van der Waals surface area contributed by atoms with E-state index in [0.29, 0.717) is 34.7 Å². The van der Waals surface area contributed by atoms with Gasteiger partial charge in [-0.15, -0.1) is 0 Å². The maximum absolute atomic E-state index is 14.7. The van der Waals surface area contributed by atoms with E-state index >= 15 is 0 Å². The third kappa shape index (κ3) is 4.23. The molecule has 1 fully saturated rings. The number of halogens is 1. The molecule has 30 heavy (non-hydrogen) atoms. The molecule has 2 atom stereocenters. The van der Waals surface area contributed by atoms with Gasteiger partial charge in [-0.3, -0.25) is 5.10 Å². The average molecular weight is 407 g/mol. The summed E-state index contributed by atoms with van der Waals surface area (Å²) in [7, 11) is 4.13. The summed E-state index contributed by atoms with van der Waals surface area (Å²) in [6.45, 7) is 0. The smallest absolute Gasteiger partial charge is 0.158 e. The molecule has 0 aliphatic heterocycles. The van der Waals surface area contributed by atoms with E-state index in [1.807, 2.05) is 6.07 Å². The summed E-state index contributed by atoms with van der Waals surface area (Å²) in [5, 5.41) is 18.8. The van der Waals surface area contributed by atoms with Gasteiger partial charge in [0.25, 0.3) is 0 Å². The zero-order valence-corrected chi connectivity index (χ0v) is 16.8. The fourth-order valence-electron chi connectivity index (χ4n) is 3.63. The van der Waals surface area contributed by atoms with Crippen molar-refractivity contribution in [1.82, 2.24) is 25.1 Å². The highest BCUT2D eigenvalue weighted by atomic mass is 19.1. The zero-order valence-electron chi connectivity index (χ0n) is 16.8. The molecule has 0 radical (unpaired) electrons. The van der Waals surface area contributed by atoms with Crippen LogP contribution in [-0.4, -0.2) is 51.3 Å². The standard InChI is InChI=1S/C21H22FN7O/c1-29(2)14-6-7-15(8-14)30-18-5-3-4-16(22)21(18)17-9-19(28-27-17)26-20-12-24-13(10-23)11-25-20/h3-5,9,11-12,14-15H,6-8H2,1-2H3,(H2,25,26,27,28)/t14-,15-/m1/s1. The molecular weight excluding hydrogens is 385 g/mol. The minimum Gasteiger partial charge on any atom is -0.490 e. The van der Waals surface area contributed by atoms with Crippen molar-refractivity contribution in [2.45, 2.75) is 31.4 Å². The summed E-state index contributed by atoms with van der Waals surface area (Å²) >= 11 is 0. The molecular formula is C21H22FN7O. The van der Waals surface area contributed by atoms with Crippen LogP contribution in [0.3, 0.4) is 0 Å². The van der Waals surface area contributed by atoms with Crippen molar-refractivity contribution in [3.63, 3.8) is 0 Å². The number of nitrogens with zero attached hydrogens (tertiary/aromatic N) is 5. The summed E-state index contributed by atoms with van der Waals surface area (Å²) in [6, 6.07) is 8.90. The van der Waals surface area contributed by atoms with Crippen molar-refractivity contribution < 1.29 is 9.13 Å². The Hall–Kier alpha value is -3.51. The third-order valence-electron chi connectivity index (χ3n) is 5.23. The van der Waals surface area contributed by atoms with E-state index in [2.05, 4.69) is 44.5 Å². The molecule has 0 amide bonds. The molecule has 2 heterocycles. The first-order valence-electron chi connectivity index (χ1n) is 9.70. The highest BCUT2D eigenvalue weighted by molar-refractivity contribution is 5.71. The number of ether oxygens (including phenoxy) is 1. The highest BCUT2D eigenvalue weighted by Gasteiger charge is 2.28. The van der Waals surface area contributed by atoms with E-state index in [1.54, 1.807) is 18.2 Å². The first kappa shape index (κ1) is 19.8. The van der Waals surface area contributed by atoms with Gasteiger partial charge in [-0.25, -0.2) is 14.4 Å². The van der Waals surface area contributed by atoms with Crippen molar-refractivity contribution in [2.75, 3.05) is 19.4 Å². The Kier molecular flexibility index (Phi) is 5.59. The first-order valence-corrected chi connectivity index (χ1v) is 9.70. The van der Waals surface area contributed by atoms with E-state index < -0.39 is 0 Å². The minimum atomic E-state index is -0.386. The third-order valence-corrected chi connectivity index (χ3v) is 5.23. The molecule has 154 valence electrons. The number of H-pyrrole nitrogens is 1. The molecule has 8 nitrogen and oxygen atoms in total. The monoisotopic (exact) mass is 407 g/mol. The van der Waals surface area contributed by atoms with Gasteiger partial charge in [-0.1, -0.05) is 6.07 Å². The Morgan fingerprint density at radius 2 is 2.10 bits per heavy atom. The van der Waals surface area contributed by atoms with E-state index in [-0.39, 0.29) is 17.6 Å². The van der Waals surface area contributed by atoms with E-state index in [4.69, 9.17) is 10.00 Å². The number of aromatic amines is 1. The largest absolute Gasteiger partial charge is 0.490 e. The molecule has 0 spiro atoms. The number of rotatable bonds is 6. The van der Waals surface area contributed by atoms with Gasteiger partial charge >= 0.3 is 0 Å². The van der Waals surface area contributed by atoms with E-state index in [0.717, 1.165) is 19.3 Å². The molecule has 3 aromatic rings. The average Bonchev–Trinajstić information content (AvgIpc) is 3.39. The Labute approximate surface area is 173 Å². The highest BCUT2D eigenvalue weighted by Crippen LogP contribution is 2.36. The molecule has 0 bridgehead atoms. The van der Waals surface area contributed by atoms with Crippen LogP contribution in [0.4, 0.5) is 16.0 Å². The zero-order chi connectivity index (χ0) is 21.1. The van der Waals surface area contributed by atoms with Crippen molar-refractivity contribution in [2.24, 2.45) is 0 Å². The van der Waals surface area contributed by atoms with Crippen LogP contribution in [0, 0.1) is 17.1 Å². The van der Waals surface area contributed by atoms with Crippen molar-refractivity contribution in [1.29, 1.82) is 5.26 Å². The number of anilines is 2. The molecule has 0 unspecified atom stereocenters. The lowest BCUT2D eigenvalue weighted by atomic mass is 10.1. The minimum absolute atomic E-state index is 0.0485.